The van der Waals surface area contributed by atoms with E-state index in [-0.39, 0.29) is 0 Å². The van der Waals surface area contributed by atoms with Gasteiger partial charge in [0, 0.05) is 13.6 Å². The smallest absolute Gasteiger partial charge is 0.102 e. The highest BCUT2D eigenvalue weighted by Gasteiger charge is 2.31. The normalized spacial score (nSPS) is 25.3. The highest BCUT2D eigenvalue weighted by Crippen LogP contribution is 2.30. The lowest BCUT2D eigenvalue weighted by Crippen LogP contribution is -2.43. The Morgan fingerprint density at radius 1 is 1.47 bits per heavy atom. The van der Waals surface area contributed by atoms with Gasteiger partial charge in [0.1, 0.15) is 5.60 Å². The zero-order valence-electron chi connectivity index (χ0n) is 9.98. The first kappa shape index (κ1) is 10.7. The Hall–Kier alpha value is -1.39. The summed E-state index contributed by atoms with van der Waals surface area (Å²) in [5.41, 5.74) is 2.28. The van der Waals surface area contributed by atoms with Gasteiger partial charge in [0.2, 0.25) is 0 Å². The van der Waals surface area contributed by atoms with Gasteiger partial charge in [0.15, 0.2) is 0 Å². The Bertz CT molecular complexity index is 541. The van der Waals surface area contributed by atoms with Gasteiger partial charge < -0.3 is 15.0 Å². The number of fused-ring (bicyclic) bond motifs is 1. The van der Waals surface area contributed by atoms with E-state index in [0.29, 0.717) is 6.54 Å². The van der Waals surface area contributed by atoms with Gasteiger partial charge in [-0.25, -0.2) is 4.98 Å². The zero-order valence-corrected chi connectivity index (χ0v) is 9.98. The Morgan fingerprint density at radius 2 is 2.35 bits per heavy atom. The summed E-state index contributed by atoms with van der Waals surface area (Å²) in [6.45, 7) is 1.62. The van der Waals surface area contributed by atoms with Crippen LogP contribution >= 0.6 is 0 Å². The summed E-state index contributed by atoms with van der Waals surface area (Å²) in [5.74, 6) is 0. The van der Waals surface area contributed by atoms with Gasteiger partial charge in [-0.3, -0.25) is 0 Å². The van der Waals surface area contributed by atoms with Crippen LogP contribution in [0.1, 0.15) is 18.4 Å². The topological polar surface area (TPSA) is 50.1 Å². The van der Waals surface area contributed by atoms with E-state index >= 15 is 0 Å². The maximum atomic E-state index is 10.6. The summed E-state index contributed by atoms with van der Waals surface area (Å²) in [5, 5.41) is 13.9. The molecule has 2 aromatic rings. The fourth-order valence-corrected chi connectivity index (χ4v) is 2.56. The van der Waals surface area contributed by atoms with Crippen LogP contribution in [0.4, 0.5) is 0 Å². The van der Waals surface area contributed by atoms with Crippen LogP contribution in [0.2, 0.25) is 0 Å². The average molecular weight is 231 g/mol. The van der Waals surface area contributed by atoms with Crippen LogP contribution in [0.15, 0.2) is 24.5 Å². The quantitative estimate of drug-likeness (QED) is 0.774. The van der Waals surface area contributed by atoms with E-state index in [9.17, 15) is 5.11 Å². The first-order valence-corrected chi connectivity index (χ1v) is 6.04. The molecule has 1 saturated heterocycles. The minimum Gasteiger partial charge on any atom is -0.384 e. The average Bonchev–Trinajstić information content (AvgIpc) is 2.72. The fourth-order valence-electron chi connectivity index (χ4n) is 2.56. The van der Waals surface area contributed by atoms with Crippen molar-refractivity contribution in [2.75, 3.05) is 13.1 Å². The Labute approximate surface area is 100 Å². The monoisotopic (exact) mass is 231 g/mol. The molecule has 1 fully saturated rings. The number of hydrogen-bond donors (Lipinski definition) is 2. The lowest BCUT2D eigenvalue weighted by molar-refractivity contribution is 0.0124. The molecule has 1 atom stereocenters. The Morgan fingerprint density at radius 3 is 3.12 bits per heavy atom. The van der Waals surface area contributed by atoms with Gasteiger partial charge in [-0.15, -0.1) is 0 Å². The maximum Gasteiger partial charge on any atom is 0.102 e. The molecule has 1 unspecified atom stereocenters. The van der Waals surface area contributed by atoms with Gasteiger partial charge in [0.25, 0.3) is 0 Å². The highest BCUT2D eigenvalue weighted by atomic mass is 16.3. The predicted molar refractivity (Wildman–Crippen MR) is 66.7 cm³/mol. The second-order valence-corrected chi connectivity index (χ2v) is 4.87. The molecule has 1 aromatic carbocycles. The van der Waals surface area contributed by atoms with E-state index in [1.54, 1.807) is 6.33 Å². The molecule has 1 aliphatic heterocycles. The standard InChI is InChI=1S/C13H17N3O/c1-16-9-15-11-7-10(3-4-12(11)16)13(17)5-2-6-14-8-13/h3-4,7,9,14,17H,2,5-6,8H2,1H3. The molecule has 90 valence electrons. The lowest BCUT2D eigenvalue weighted by Gasteiger charge is -2.33. The predicted octanol–water partition coefficient (Wildman–Crippen LogP) is 1.14. The number of hydrogen-bond acceptors (Lipinski definition) is 3. The third kappa shape index (κ3) is 1.73. The van der Waals surface area contributed by atoms with Crippen LogP contribution in [-0.2, 0) is 12.6 Å². The summed E-state index contributed by atoms with van der Waals surface area (Å²) < 4.78 is 1.99. The molecule has 0 amide bonds. The maximum absolute atomic E-state index is 10.6. The third-order valence-corrected chi connectivity index (χ3v) is 3.62. The molecular formula is C13H17N3O. The van der Waals surface area contributed by atoms with Crippen molar-refractivity contribution in [2.45, 2.75) is 18.4 Å². The largest absolute Gasteiger partial charge is 0.384 e. The first-order chi connectivity index (χ1) is 8.19. The number of benzene rings is 1. The van der Waals surface area contributed by atoms with Crippen molar-refractivity contribution in [3.8, 4) is 0 Å². The molecule has 0 aliphatic carbocycles. The highest BCUT2D eigenvalue weighted by molar-refractivity contribution is 5.76. The number of aliphatic hydroxyl groups is 1. The van der Waals surface area contributed by atoms with E-state index in [2.05, 4.69) is 10.3 Å². The number of nitrogens with zero attached hydrogens (tertiary/aromatic N) is 2. The first-order valence-electron chi connectivity index (χ1n) is 6.04. The Kier molecular flexibility index (Phi) is 2.42. The van der Waals surface area contributed by atoms with Gasteiger partial charge in [-0.1, -0.05) is 6.07 Å². The molecule has 0 spiro atoms. The van der Waals surface area contributed by atoms with Crippen LogP contribution in [0.3, 0.4) is 0 Å². The molecule has 17 heavy (non-hydrogen) atoms. The second kappa shape index (κ2) is 3.82. The van der Waals surface area contributed by atoms with Crippen LogP contribution in [0.25, 0.3) is 11.0 Å². The number of β-amino-alcohol motifs (C(OH)–C–C–N with tert-alkyl or cyclic N) is 1. The van der Waals surface area contributed by atoms with E-state index in [4.69, 9.17) is 0 Å². The summed E-state index contributed by atoms with van der Waals surface area (Å²) in [6.07, 6.45) is 3.63. The van der Waals surface area contributed by atoms with Crippen molar-refractivity contribution >= 4 is 11.0 Å². The zero-order chi connectivity index (χ0) is 11.9. The summed E-state index contributed by atoms with van der Waals surface area (Å²) in [6, 6.07) is 6.05. The van der Waals surface area contributed by atoms with Gasteiger partial charge in [-0.2, -0.15) is 0 Å². The van der Waals surface area contributed by atoms with E-state index < -0.39 is 5.60 Å². The van der Waals surface area contributed by atoms with Crippen LogP contribution in [-0.4, -0.2) is 27.7 Å². The van der Waals surface area contributed by atoms with Crippen molar-refractivity contribution in [1.29, 1.82) is 0 Å². The minimum atomic E-state index is -0.732. The molecular weight excluding hydrogens is 214 g/mol. The number of aryl methyl sites for hydroxylation is 1. The number of nitrogens with one attached hydrogen (secondary N) is 1. The second-order valence-electron chi connectivity index (χ2n) is 4.87. The molecule has 2 heterocycles. The molecule has 4 nitrogen and oxygen atoms in total. The van der Waals surface area contributed by atoms with Crippen molar-refractivity contribution in [3.05, 3.63) is 30.1 Å². The molecule has 3 rings (SSSR count). The molecule has 1 aromatic heterocycles. The van der Waals surface area contributed by atoms with E-state index in [1.807, 2.05) is 29.8 Å². The van der Waals surface area contributed by atoms with E-state index in [1.165, 1.54) is 0 Å². The van der Waals surface area contributed by atoms with Crippen molar-refractivity contribution in [3.63, 3.8) is 0 Å². The summed E-state index contributed by atoms with van der Waals surface area (Å²) >= 11 is 0. The third-order valence-electron chi connectivity index (χ3n) is 3.62. The number of aromatic nitrogens is 2. The fraction of sp³-hybridized carbons (Fsp3) is 0.462. The van der Waals surface area contributed by atoms with Gasteiger partial charge in [0.05, 0.1) is 17.4 Å². The molecule has 4 heteroatoms. The van der Waals surface area contributed by atoms with Crippen molar-refractivity contribution < 1.29 is 5.11 Å². The van der Waals surface area contributed by atoms with Gasteiger partial charge in [-0.05, 0) is 37.1 Å². The van der Waals surface area contributed by atoms with Crippen LogP contribution < -0.4 is 5.32 Å². The van der Waals surface area contributed by atoms with Crippen molar-refractivity contribution in [2.24, 2.45) is 7.05 Å². The summed E-state index contributed by atoms with van der Waals surface area (Å²) in [4.78, 5) is 4.34. The number of piperidine rings is 1. The van der Waals surface area contributed by atoms with E-state index in [0.717, 1.165) is 36.0 Å². The molecule has 0 bridgehead atoms. The minimum absolute atomic E-state index is 0.630. The van der Waals surface area contributed by atoms with Crippen LogP contribution in [0.5, 0.6) is 0 Å². The van der Waals surface area contributed by atoms with Crippen LogP contribution in [0, 0.1) is 0 Å². The Balaban J connectivity index is 2.05. The number of rotatable bonds is 1. The molecule has 0 saturated carbocycles. The van der Waals surface area contributed by atoms with Gasteiger partial charge >= 0.3 is 0 Å². The number of imidazole rings is 1. The SMILES string of the molecule is Cn1cnc2cc(C3(O)CCCNC3)ccc21. The lowest BCUT2D eigenvalue weighted by atomic mass is 9.86. The molecule has 0 radical (unpaired) electrons. The van der Waals surface area contributed by atoms with Crippen molar-refractivity contribution in [1.82, 2.24) is 14.9 Å². The summed E-state index contributed by atoms with van der Waals surface area (Å²) in [7, 11) is 1.98. The molecule has 1 aliphatic rings. The molecule has 2 N–H and O–H groups in total.